The van der Waals surface area contributed by atoms with E-state index in [4.69, 9.17) is 0 Å². The van der Waals surface area contributed by atoms with Gasteiger partial charge in [0.15, 0.2) is 0 Å². The first kappa shape index (κ1) is 17.0. The highest BCUT2D eigenvalue weighted by molar-refractivity contribution is 9.10. The van der Waals surface area contributed by atoms with Crippen molar-refractivity contribution in [1.29, 1.82) is 0 Å². The molecule has 0 spiro atoms. The minimum absolute atomic E-state index is 0.0371. The zero-order valence-electron chi connectivity index (χ0n) is 13.1. The second kappa shape index (κ2) is 7.77. The predicted molar refractivity (Wildman–Crippen MR) is 90.7 cm³/mol. The molecule has 1 heterocycles. The van der Waals surface area contributed by atoms with Gasteiger partial charge >= 0.3 is 0 Å². The van der Waals surface area contributed by atoms with Crippen LogP contribution in [0.25, 0.3) is 0 Å². The van der Waals surface area contributed by atoms with E-state index in [-0.39, 0.29) is 17.7 Å². The highest BCUT2D eigenvalue weighted by Crippen LogP contribution is 2.18. The van der Waals surface area contributed by atoms with Crippen molar-refractivity contribution in [3.8, 4) is 0 Å². The Morgan fingerprint density at radius 2 is 1.77 bits per heavy atom. The van der Waals surface area contributed by atoms with Crippen molar-refractivity contribution < 1.29 is 9.59 Å². The van der Waals surface area contributed by atoms with Crippen LogP contribution in [0.2, 0.25) is 0 Å². The van der Waals surface area contributed by atoms with Gasteiger partial charge in [0, 0.05) is 17.6 Å². The number of nitrogens with one attached hydrogen (secondary N) is 1. The molecule has 1 aliphatic rings. The number of likely N-dealkylation sites (tertiary alicyclic amines) is 1. The Morgan fingerprint density at radius 1 is 1.14 bits per heavy atom. The normalized spacial score (nSPS) is 16.5. The van der Waals surface area contributed by atoms with Crippen LogP contribution in [0.5, 0.6) is 0 Å². The van der Waals surface area contributed by atoms with Crippen LogP contribution in [0.15, 0.2) is 28.7 Å². The van der Waals surface area contributed by atoms with Crippen LogP contribution in [-0.4, -0.2) is 35.8 Å². The lowest BCUT2D eigenvalue weighted by Gasteiger charge is -2.32. The van der Waals surface area contributed by atoms with E-state index in [2.05, 4.69) is 21.2 Å². The summed E-state index contributed by atoms with van der Waals surface area (Å²) in [5, 5.41) is 2.91. The maximum absolute atomic E-state index is 12.7. The third kappa shape index (κ3) is 4.09. The summed E-state index contributed by atoms with van der Waals surface area (Å²) in [6, 6.07) is 6.78. The molecule has 1 N–H and O–H groups in total. The van der Waals surface area contributed by atoms with E-state index < -0.39 is 6.04 Å². The van der Waals surface area contributed by atoms with Gasteiger partial charge in [0.25, 0.3) is 5.91 Å². The third-order valence-electron chi connectivity index (χ3n) is 4.01. The molecule has 4 nitrogen and oxygen atoms in total. The summed E-state index contributed by atoms with van der Waals surface area (Å²) in [6.45, 7) is 5.53. The van der Waals surface area contributed by atoms with E-state index >= 15 is 0 Å². The van der Waals surface area contributed by atoms with Crippen LogP contribution in [0.1, 0.15) is 43.5 Å². The molecule has 0 unspecified atom stereocenters. The minimum atomic E-state index is -0.474. The average molecular weight is 367 g/mol. The van der Waals surface area contributed by atoms with Gasteiger partial charge in [-0.15, -0.1) is 0 Å². The summed E-state index contributed by atoms with van der Waals surface area (Å²) in [7, 11) is 0. The molecule has 1 aromatic carbocycles. The number of carbonyl (C=O) groups excluding carboxylic acids is 2. The number of benzene rings is 1. The molecule has 1 fully saturated rings. The van der Waals surface area contributed by atoms with Crippen LogP contribution < -0.4 is 5.32 Å². The van der Waals surface area contributed by atoms with Gasteiger partial charge in [0.1, 0.15) is 6.04 Å². The highest BCUT2D eigenvalue weighted by atomic mass is 79.9. The SMILES string of the molecule is CC(C)[C@H](NC(=O)c1ccccc1Br)C(=O)N1CCCCC1. The lowest BCUT2D eigenvalue weighted by molar-refractivity contribution is -0.135. The number of halogens is 1. The lowest BCUT2D eigenvalue weighted by atomic mass is 10.0. The maximum Gasteiger partial charge on any atom is 0.253 e. The smallest absolute Gasteiger partial charge is 0.253 e. The van der Waals surface area contributed by atoms with E-state index in [1.165, 1.54) is 6.42 Å². The summed E-state index contributed by atoms with van der Waals surface area (Å²) >= 11 is 3.38. The standard InChI is InChI=1S/C17H23BrN2O2/c1-12(2)15(17(22)20-10-6-3-7-11-20)19-16(21)13-8-4-5-9-14(13)18/h4-5,8-9,12,15H,3,6-7,10-11H2,1-2H3,(H,19,21)/t15-/m0/s1. The van der Waals surface area contributed by atoms with Crippen molar-refractivity contribution in [3.05, 3.63) is 34.3 Å². The fourth-order valence-corrected chi connectivity index (χ4v) is 3.15. The average Bonchev–Trinajstić information content (AvgIpc) is 2.52. The molecule has 0 aromatic heterocycles. The quantitative estimate of drug-likeness (QED) is 0.889. The Hall–Kier alpha value is -1.36. The molecule has 2 amide bonds. The number of amides is 2. The molecule has 22 heavy (non-hydrogen) atoms. The summed E-state index contributed by atoms with van der Waals surface area (Å²) < 4.78 is 0.737. The fraction of sp³-hybridized carbons (Fsp3) is 0.529. The van der Waals surface area contributed by atoms with Crippen molar-refractivity contribution in [2.45, 2.75) is 39.2 Å². The molecule has 5 heteroatoms. The first-order valence-corrected chi connectivity index (χ1v) is 8.64. The molecule has 1 atom stereocenters. The summed E-state index contributed by atoms with van der Waals surface area (Å²) in [5.41, 5.74) is 0.555. The zero-order valence-corrected chi connectivity index (χ0v) is 14.7. The lowest BCUT2D eigenvalue weighted by Crippen LogP contribution is -2.52. The second-order valence-corrected chi connectivity index (χ2v) is 6.92. The monoisotopic (exact) mass is 366 g/mol. The number of nitrogens with zero attached hydrogens (tertiary/aromatic N) is 1. The molecule has 0 bridgehead atoms. The number of rotatable bonds is 4. The van der Waals surface area contributed by atoms with Gasteiger partial charge in [0.2, 0.25) is 5.91 Å². The van der Waals surface area contributed by atoms with E-state index in [9.17, 15) is 9.59 Å². The third-order valence-corrected chi connectivity index (χ3v) is 4.70. The van der Waals surface area contributed by atoms with E-state index in [0.29, 0.717) is 5.56 Å². The Labute approximate surface area is 140 Å². The van der Waals surface area contributed by atoms with Gasteiger partial charge in [-0.1, -0.05) is 26.0 Å². The van der Waals surface area contributed by atoms with E-state index in [0.717, 1.165) is 30.4 Å². The largest absolute Gasteiger partial charge is 0.341 e. The van der Waals surface area contributed by atoms with Crippen molar-refractivity contribution in [1.82, 2.24) is 10.2 Å². The van der Waals surface area contributed by atoms with Crippen molar-refractivity contribution in [2.75, 3.05) is 13.1 Å². The number of hydrogen-bond acceptors (Lipinski definition) is 2. The first-order valence-electron chi connectivity index (χ1n) is 7.85. The van der Waals surface area contributed by atoms with Gasteiger partial charge in [-0.3, -0.25) is 9.59 Å². The van der Waals surface area contributed by atoms with Crippen molar-refractivity contribution in [3.63, 3.8) is 0 Å². The molecule has 1 saturated heterocycles. The molecule has 2 rings (SSSR count). The fourth-order valence-electron chi connectivity index (χ4n) is 2.69. The van der Waals surface area contributed by atoms with Crippen LogP contribution in [0.4, 0.5) is 0 Å². The molecule has 1 aromatic rings. The summed E-state index contributed by atoms with van der Waals surface area (Å²) in [6.07, 6.45) is 3.28. The predicted octanol–water partition coefficient (Wildman–Crippen LogP) is 3.22. The molecular formula is C17H23BrN2O2. The number of carbonyl (C=O) groups is 2. The topological polar surface area (TPSA) is 49.4 Å². The molecular weight excluding hydrogens is 344 g/mol. The van der Waals surface area contributed by atoms with Gasteiger partial charge < -0.3 is 10.2 Å². The number of hydrogen-bond donors (Lipinski definition) is 1. The Balaban J connectivity index is 2.10. The summed E-state index contributed by atoms with van der Waals surface area (Å²) in [4.78, 5) is 27.0. The van der Waals surface area contributed by atoms with Gasteiger partial charge in [0.05, 0.1) is 5.56 Å². The first-order chi connectivity index (χ1) is 10.5. The minimum Gasteiger partial charge on any atom is -0.341 e. The van der Waals surface area contributed by atoms with Gasteiger partial charge in [-0.25, -0.2) is 0 Å². The molecule has 120 valence electrons. The zero-order chi connectivity index (χ0) is 16.1. The second-order valence-electron chi connectivity index (χ2n) is 6.06. The molecule has 0 aliphatic carbocycles. The Bertz CT molecular complexity index is 539. The number of piperidine rings is 1. The molecule has 1 aliphatic heterocycles. The summed E-state index contributed by atoms with van der Waals surface area (Å²) in [5.74, 6) is -0.118. The van der Waals surface area contributed by atoms with Crippen LogP contribution in [-0.2, 0) is 4.79 Å². The Morgan fingerprint density at radius 3 is 2.36 bits per heavy atom. The Kier molecular flexibility index (Phi) is 6.00. The molecule has 0 saturated carbocycles. The highest BCUT2D eigenvalue weighted by Gasteiger charge is 2.29. The van der Waals surface area contributed by atoms with Crippen molar-refractivity contribution in [2.24, 2.45) is 5.92 Å². The van der Waals surface area contributed by atoms with Crippen LogP contribution in [0, 0.1) is 5.92 Å². The van der Waals surface area contributed by atoms with Gasteiger partial charge in [-0.05, 0) is 53.2 Å². The maximum atomic E-state index is 12.7. The van der Waals surface area contributed by atoms with Crippen LogP contribution in [0.3, 0.4) is 0 Å². The van der Waals surface area contributed by atoms with E-state index in [1.54, 1.807) is 6.07 Å². The van der Waals surface area contributed by atoms with E-state index in [1.807, 2.05) is 36.9 Å². The van der Waals surface area contributed by atoms with Crippen LogP contribution >= 0.6 is 15.9 Å². The van der Waals surface area contributed by atoms with Gasteiger partial charge in [-0.2, -0.15) is 0 Å². The molecule has 0 radical (unpaired) electrons. The van der Waals surface area contributed by atoms with Crippen molar-refractivity contribution >= 4 is 27.7 Å².